The molecule has 3 aromatic carbocycles. The van der Waals surface area contributed by atoms with Gasteiger partial charge in [-0.15, -0.1) is 0 Å². The van der Waals surface area contributed by atoms with Crippen LogP contribution in [-0.4, -0.2) is 28.1 Å². The molecule has 0 aliphatic heterocycles. The highest BCUT2D eigenvalue weighted by Gasteiger charge is 2.39. The van der Waals surface area contributed by atoms with Crippen LogP contribution in [0.1, 0.15) is 29.9 Å². The first-order valence-corrected chi connectivity index (χ1v) is 11.8. The summed E-state index contributed by atoms with van der Waals surface area (Å²) in [5.74, 6) is 0.435. The lowest BCUT2D eigenvalue weighted by molar-refractivity contribution is -0.130. The van der Waals surface area contributed by atoms with E-state index in [1.807, 2.05) is 98.0 Å². The highest BCUT2D eigenvalue weighted by Crippen LogP contribution is 2.25. The Kier molecular flexibility index (Phi) is 6.40. The second-order valence-corrected chi connectivity index (χ2v) is 8.99. The molecular weight excluding hydrogens is 438 g/mol. The number of hydrogen-bond donors (Lipinski definition) is 4. The number of para-hydroxylation sites is 2. The zero-order valence-electron chi connectivity index (χ0n) is 19.6. The highest BCUT2D eigenvalue weighted by molar-refractivity contribution is 5.89. The topological polar surface area (TPSA) is 90.3 Å². The predicted molar refractivity (Wildman–Crippen MR) is 138 cm³/mol. The number of rotatable bonds is 9. The van der Waals surface area contributed by atoms with E-state index >= 15 is 0 Å². The monoisotopic (exact) mass is 467 g/mol. The summed E-state index contributed by atoms with van der Waals surface area (Å²) in [6.45, 7) is 1.87. The van der Waals surface area contributed by atoms with E-state index in [-0.39, 0.29) is 18.6 Å². The number of aliphatic hydroxyl groups is 1. The average Bonchev–Trinajstić information content (AvgIpc) is 3.50. The number of carbonyl (C=O) groups is 1. The van der Waals surface area contributed by atoms with Gasteiger partial charge in [-0.25, -0.2) is 0 Å². The molecule has 6 heteroatoms. The molecule has 0 saturated carbocycles. The van der Waals surface area contributed by atoms with Gasteiger partial charge in [0.2, 0.25) is 5.91 Å². The maximum atomic E-state index is 13.8. The maximum Gasteiger partial charge on any atom is 0.243 e. The van der Waals surface area contributed by atoms with Crippen molar-refractivity contribution in [2.45, 2.75) is 31.5 Å². The quantitative estimate of drug-likeness (QED) is 0.249. The molecule has 35 heavy (non-hydrogen) atoms. The lowest BCUT2D eigenvalue weighted by Gasteiger charge is -2.33. The molecule has 0 radical (unpaired) electrons. The number of nitrogens with one attached hydrogen (secondary N) is 3. The van der Waals surface area contributed by atoms with Crippen molar-refractivity contribution in [2.24, 2.45) is 0 Å². The summed E-state index contributed by atoms with van der Waals surface area (Å²) in [7, 11) is 0. The molecule has 4 N–H and O–H groups in total. The van der Waals surface area contributed by atoms with E-state index < -0.39 is 5.54 Å². The molecule has 0 aliphatic carbocycles. The molecule has 2 unspecified atom stereocenters. The summed E-state index contributed by atoms with van der Waals surface area (Å²) in [5.41, 5.74) is 2.47. The van der Waals surface area contributed by atoms with Gasteiger partial charge in [0, 0.05) is 28.9 Å². The zero-order chi connectivity index (χ0) is 24.3. The third-order valence-corrected chi connectivity index (χ3v) is 6.60. The lowest BCUT2D eigenvalue weighted by Crippen LogP contribution is -2.61. The van der Waals surface area contributed by atoms with E-state index in [4.69, 9.17) is 4.42 Å². The van der Waals surface area contributed by atoms with Crippen molar-refractivity contribution in [3.8, 4) is 0 Å². The van der Waals surface area contributed by atoms with Crippen molar-refractivity contribution in [3.63, 3.8) is 0 Å². The van der Waals surface area contributed by atoms with Crippen LogP contribution in [0, 0.1) is 0 Å². The summed E-state index contributed by atoms with van der Waals surface area (Å²) in [4.78, 5) is 17.0. The molecule has 178 valence electrons. The van der Waals surface area contributed by atoms with Crippen LogP contribution >= 0.6 is 0 Å². The zero-order valence-corrected chi connectivity index (χ0v) is 19.6. The first kappa shape index (κ1) is 22.9. The molecule has 0 bridgehead atoms. The Hall–Kier alpha value is -3.87. The number of aromatic amines is 1. The lowest BCUT2D eigenvalue weighted by atomic mass is 9.89. The third-order valence-electron chi connectivity index (χ3n) is 6.60. The number of fused-ring (bicyclic) bond motifs is 2. The van der Waals surface area contributed by atoms with Crippen molar-refractivity contribution in [1.29, 1.82) is 0 Å². The molecule has 0 saturated heterocycles. The molecular formula is C29H29N3O3. The van der Waals surface area contributed by atoms with Gasteiger partial charge in [-0.3, -0.25) is 10.1 Å². The Morgan fingerprint density at radius 2 is 1.77 bits per heavy atom. The number of hydrogen-bond acceptors (Lipinski definition) is 4. The minimum Gasteiger partial charge on any atom is -0.460 e. The van der Waals surface area contributed by atoms with E-state index in [1.165, 1.54) is 0 Å². The maximum absolute atomic E-state index is 13.8. The van der Waals surface area contributed by atoms with Crippen LogP contribution in [0.3, 0.4) is 0 Å². The van der Waals surface area contributed by atoms with E-state index in [1.54, 1.807) is 0 Å². The van der Waals surface area contributed by atoms with Crippen molar-refractivity contribution in [3.05, 3.63) is 108 Å². The molecule has 2 heterocycles. The SMILES string of the molecule is CC(NC(=O)C(CO)(Cc1c[nH]c2ccccc12)NCc1cc2ccccc2o1)c1ccccc1. The summed E-state index contributed by atoms with van der Waals surface area (Å²) in [6, 6.07) is 27.3. The second kappa shape index (κ2) is 9.78. The van der Waals surface area contributed by atoms with Gasteiger partial charge in [-0.1, -0.05) is 66.7 Å². The average molecular weight is 468 g/mol. The van der Waals surface area contributed by atoms with Crippen molar-refractivity contribution in [1.82, 2.24) is 15.6 Å². The number of carbonyl (C=O) groups excluding carboxylic acids is 1. The van der Waals surface area contributed by atoms with Gasteiger partial charge in [0.1, 0.15) is 16.9 Å². The van der Waals surface area contributed by atoms with Crippen LogP contribution in [0.25, 0.3) is 21.9 Å². The van der Waals surface area contributed by atoms with Gasteiger partial charge in [-0.2, -0.15) is 0 Å². The summed E-state index contributed by atoms with van der Waals surface area (Å²) in [6.07, 6.45) is 2.22. The summed E-state index contributed by atoms with van der Waals surface area (Å²) in [5, 5.41) is 19.1. The minimum atomic E-state index is -1.26. The van der Waals surface area contributed by atoms with Gasteiger partial charge in [0.05, 0.1) is 19.2 Å². The molecule has 0 fully saturated rings. The Bertz CT molecular complexity index is 1410. The first-order valence-electron chi connectivity index (χ1n) is 11.8. The molecule has 0 spiro atoms. The molecule has 2 aromatic heterocycles. The summed E-state index contributed by atoms with van der Waals surface area (Å²) < 4.78 is 5.96. The van der Waals surface area contributed by atoms with Gasteiger partial charge in [-0.05, 0) is 36.2 Å². The Labute approximate surface area is 204 Å². The number of aromatic nitrogens is 1. The largest absolute Gasteiger partial charge is 0.460 e. The molecule has 0 aliphatic rings. The first-order chi connectivity index (χ1) is 17.1. The van der Waals surface area contributed by atoms with E-state index in [2.05, 4.69) is 15.6 Å². The number of aliphatic hydroxyl groups excluding tert-OH is 1. The van der Waals surface area contributed by atoms with Crippen molar-refractivity contribution in [2.75, 3.05) is 6.61 Å². The standard InChI is InChI=1S/C29H29N3O3/c1-20(21-9-3-2-4-10-21)32-28(34)29(19-33,16-23-17-30-26-13-7-6-12-25(23)26)31-18-24-15-22-11-5-8-14-27(22)35-24/h2-15,17,20,30-31,33H,16,18-19H2,1H3,(H,32,34). The van der Waals surface area contributed by atoms with Gasteiger partial charge in [0.25, 0.3) is 0 Å². The molecule has 1 amide bonds. The van der Waals surface area contributed by atoms with Gasteiger partial charge in [0.15, 0.2) is 0 Å². The summed E-state index contributed by atoms with van der Waals surface area (Å²) >= 11 is 0. The van der Waals surface area contributed by atoms with Gasteiger partial charge < -0.3 is 19.8 Å². The predicted octanol–water partition coefficient (Wildman–Crippen LogP) is 4.85. The fourth-order valence-corrected chi connectivity index (χ4v) is 4.55. The second-order valence-electron chi connectivity index (χ2n) is 8.99. The molecule has 2 atom stereocenters. The van der Waals surface area contributed by atoms with E-state index in [0.29, 0.717) is 18.7 Å². The molecule has 5 rings (SSSR count). The van der Waals surface area contributed by atoms with Crippen LogP contribution in [0.15, 0.2) is 95.5 Å². The molecule has 6 nitrogen and oxygen atoms in total. The van der Waals surface area contributed by atoms with Crippen LogP contribution in [0.5, 0.6) is 0 Å². The highest BCUT2D eigenvalue weighted by atomic mass is 16.3. The van der Waals surface area contributed by atoms with Crippen LogP contribution in [0.2, 0.25) is 0 Å². The van der Waals surface area contributed by atoms with Crippen molar-refractivity contribution < 1.29 is 14.3 Å². The van der Waals surface area contributed by atoms with E-state index in [9.17, 15) is 9.90 Å². The Balaban J connectivity index is 1.45. The Morgan fingerprint density at radius 1 is 1.03 bits per heavy atom. The van der Waals surface area contributed by atoms with Gasteiger partial charge >= 0.3 is 0 Å². The van der Waals surface area contributed by atoms with Crippen LogP contribution in [-0.2, 0) is 17.8 Å². The third kappa shape index (κ3) is 4.71. The Morgan fingerprint density at radius 3 is 2.57 bits per heavy atom. The smallest absolute Gasteiger partial charge is 0.243 e. The minimum absolute atomic E-state index is 0.217. The van der Waals surface area contributed by atoms with Crippen LogP contribution < -0.4 is 10.6 Å². The fraction of sp³-hybridized carbons (Fsp3) is 0.207. The number of benzene rings is 3. The van der Waals surface area contributed by atoms with E-state index in [0.717, 1.165) is 33.0 Å². The number of amides is 1. The molecule has 5 aromatic rings. The number of furan rings is 1. The fourth-order valence-electron chi connectivity index (χ4n) is 4.55. The normalized spacial score (nSPS) is 14.1. The number of H-pyrrole nitrogens is 1. The van der Waals surface area contributed by atoms with Crippen LogP contribution in [0.4, 0.5) is 0 Å². The van der Waals surface area contributed by atoms with Crippen molar-refractivity contribution >= 4 is 27.8 Å².